The van der Waals surface area contributed by atoms with Crippen molar-refractivity contribution in [2.24, 2.45) is 5.10 Å². The fraction of sp³-hybridized carbons (Fsp3) is 0. The highest BCUT2D eigenvalue weighted by atomic mass is 35.5. The molecule has 2 aromatic carbocycles. The number of hydrazone groups is 1. The summed E-state index contributed by atoms with van der Waals surface area (Å²) in [7, 11) is 0. The van der Waals surface area contributed by atoms with E-state index in [2.05, 4.69) is 10.5 Å². The number of phenols is 1. The van der Waals surface area contributed by atoms with Crippen LogP contribution in [0.15, 0.2) is 41.5 Å². The fourth-order valence-electron chi connectivity index (χ4n) is 1.66. The van der Waals surface area contributed by atoms with Crippen LogP contribution in [0.25, 0.3) is 0 Å². The molecule has 2 rings (SSSR count). The molecule has 9 heteroatoms. The van der Waals surface area contributed by atoms with E-state index in [9.17, 15) is 20.0 Å². The molecule has 0 unspecified atom stereocenters. The number of para-hydroxylation sites is 1. The van der Waals surface area contributed by atoms with Crippen molar-refractivity contribution in [3.63, 3.8) is 0 Å². The molecular formula is C14H9Cl2N3O4. The number of aromatic hydroxyl groups is 1. The van der Waals surface area contributed by atoms with Gasteiger partial charge in [0.15, 0.2) is 0 Å². The molecule has 23 heavy (non-hydrogen) atoms. The van der Waals surface area contributed by atoms with E-state index >= 15 is 0 Å². The Hall–Kier alpha value is -2.64. The van der Waals surface area contributed by atoms with Gasteiger partial charge in [-0.15, -0.1) is 0 Å². The summed E-state index contributed by atoms with van der Waals surface area (Å²) in [4.78, 5) is 21.8. The summed E-state index contributed by atoms with van der Waals surface area (Å²) < 4.78 is 0. The van der Waals surface area contributed by atoms with Crippen LogP contribution in [0.2, 0.25) is 10.0 Å². The van der Waals surface area contributed by atoms with Gasteiger partial charge in [0.1, 0.15) is 0 Å². The standard InChI is InChI=1S/C14H9Cl2N3O4/c15-10-5-4-8(6-11(10)16)14(21)18-17-7-9-2-1-3-12(13(9)20)19(22)23/h1-7,20H,(H,18,21)/b17-7-. The van der Waals surface area contributed by atoms with Crippen molar-refractivity contribution < 1.29 is 14.8 Å². The highest BCUT2D eigenvalue weighted by molar-refractivity contribution is 6.42. The van der Waals surface area contributed by atoms with Crippen molar-refractivity contribution in [1.29, 1.82) is 0 Å². The smallest absolute Gasteiger partial charge is 0.311 e. The third-order valence-electron chi connectivity index (χ3n) is 2.79. The number of phenolic OH excluding ortho intramolecular Hbond substituents is 1. The molecule has 2 aromatic rings. The van der Waals surface area contributed by atoms with Crippen LogP contribution in [-0.4, -0.2) is 22.2 Å². The number of nitrogens with zero attached hydrogens (tertiary/aromatic N) is 2. The van der Waals surface area contributed by atoms with Gasteiger partial charge in [-0.3, -0.25) is 14.9 Å². The van der Waals surface area contributed by atoms with E-state index in [1.165, 1.54) is 30.3 Å². The zero-order chi connectivity index (χ0) is 17.0. The van der Waals surface area contributed by atoms with Gasteiger partial charge in [-0.25, -0.2) is 5.43 Å². The molecule has 0 saturated heterocycles. The maximum absolute atomic E-state index is 11.9. The normalized spacial score (nSPS) is 10.7. The lowest BCUT2D eigenvalue weighted by atomic mass is 10.2. The largest absolute Gasteiger partial charge is 0.502 e. The van der Waals surface area contributed by atoms with Crippen molar-refractivity contribution in [2.45, 2.75) is 0 Å². The van der Waals surface area contributed by atoms with Crippen LogP contribution in [0.4, 0.5) is 5.69 Å². The van der Waals surface area contributed by atoms with Crippen molar-refractivity contribution in [2.75, 3.05) is 0 Å². The molecule has 0 spiro atoms. The summed E-state index contributed by atoms with van der Waals surface area (Å²) in [5.41, 5.74) is 2.09. The van der Waals surface area contributed by atoms with E-state index in [4.69, 9.17) is 23.2 Å². The number of nitrogens with one attached hydrogen (secondary N) is 1. The number of carbonyl (C=O) groups excluding carboxylic acids is 1. The van der Waals surface area contributed by atoms with Gasteiger partial charge in [-0.2, -0.15) is 5.10 Å². The van der Waals surface area contributed by atoms with Crippen molar-refractivity contribution in [3.8, 4) is 5.75 Å². The van der Waals surface area contributed by atoms with Crippen LogP contribution in [0.1, 0.15) is 15.9 Å². The molecule has 2 N–H and O–H groups in total. The van der Waals surface area contributed by atoms with E-state index in [-0.39, 0.29) is 16.1 Å². The monoisotopic (exact) mass is 353 g/mol. The lowest BCUT2D eigenvalue weighted by Crippen LogP contribution is -2.17. The molecule has 0 heterocycles. The Bertz CT molecular complexity index is 809. The Morgan fingerprint density at radius 2 is 2.00 bits per heavy atom. The van der Waals surface area contributed by atoms with Gasteiger partial charge in [0.25, 0.3) is 5.91 Å². The van der Waals surface area contributed by atoms with Crippen molar-refractivity contribution in [3.05, 3.63) is 67.7 Å². The molecular weight excluding hydrogens is 345 g/mol. The molecule has 0 saturated carbocycles. The van der Waals surface area contributed by atoms with Crippen LogP contribution in [0.5, 0.6) is 5.75 Å². The molecule has 1 amide bonds. The topological polar surface area (TPSA) is 105 Å². The molecule has 7 nitrogen and oxygen atoms in total. The first-order valence-electron chi connectivity index (χ1n) is 6.15. The Kier molecular flexibility index (Phi) is 5.15. The molecule has 0 aliphatic carbocycles. The fourth-order valence-corrected chi connectivity index (χ4v) is 1.96. The summed E-state index contributed by atoms with van der Waals surface area (Å²) >= 11 is 11.6. The minimum atomic E-state index is -0.721. The number of nitro groups is 1. The number of rotatable bonds is 4. The first-order valence-corrected chi connectivity index (χ1v) is 6.90. The van der Waals surface area contributed by atoms with Gasteiger partial charge >= 0.3 is 5.69 Å². The SMILES string of the molecule is O=C(N/N=C\c1cccc([N+](=O)[O-])c1O)c1ccc(Cl)c(Cl)c1. The zero-order valence-corrected chi connectivity index (χ0v) is 12.9. The summed E-state index contributed by atoms with van der Waals surface area (Å²) in [6.07, 6.45) is 1.09. The number of nitro benzene ring substituents is 1. The minimum Gasteiger partial charge on any atom is -0.502 e. The molecule has 0 radical (unpaired) electrons. The lowest BCUT2D eigenvalue weighted by Gasteiger charge is -2.02. The number of carbonyl (C=O) groups is 1. The number of hydrogen-bond donors (Lipinski definition) is 2. The highest BCUT2D eigenvalue weighted by Crippen LogP contribution is 2.28. The summed E-state index contributed by atoms with van der Waals surface area (Å²) in [6.45, 7) is 0. The third-order valence-corrected chi connectivity index (χ3v) is 3.53. The highest BCUT2D eigenvalue weighted by Gasteiger charge is 2.15. The van der Waals surface area contributed by atoms with Crippen molar-refractivity contribution in [1.82, 2.24) is 5.43 Å². The molecule has 0 aliphatic rings. The lowest BCUT2D eigenvalue weighted by molar-refractivity contribution is -0.385. The Labute approximate surface area is 140 Å². The van der Waals surface area contributed by atoms with E-state index in [1.807, 2.05) is 0 Å². The van der Waals surface area contributed by atoms with Crippen LogP contribution < -0.4 is 5.43 Å². The number of halogens is 2. The quantitative estimate of drug-likeness (QED) is 0.499. The molecule has 0 atom stereocenters. The van der Waals surface area contributed by atoms with Crippen LogP contribution >= 0.6 is 23.2 Å². The molecule has 0 fully saturated rings. The maximum atomic E-state index is 11.9. The minimum absolute atomic E-state index is 0.0913. The first kappa shape index (κ1) is 16.7. The summed E-state index contributed by atoms with van der Waals surface area (Å²) in [5, 5.41) is 24.6. The van der Waals surface area contributed by atoms with E-state index < -0.39 is 22.3 Å². The van der Waals surface area contributed by atoms with Gasteiger partial charge in [-0.05, 0) is 24.3 Å². The average molecular weight is 354 g/mol. The van der Waals surface area contributed by atoms with Gasteiger partial charge in [0.05, 0.1) is 21.2 Å². The average Bonchev–Trinajstić information content (AvgIpc) is 2.51. The van der Waals surface area contributed by atoms with Gasteiger partial charge in [-0.1, -0.05) is 29.3 Å². The predicted molar refractivity (Wildman–Crippen MR) is 86.3 cm³/mol. The molecule has 0 aromatic heterocycles. The van der Waals surface area contributed by atoms with Crippen molar-refractivity contribution >= 4 is 41.0 Å². The van der Waals surface area contributed by atoms with E-state index in [0.29, 0.717) is 5.02 Å². The second kappa shape index (κ2) is 7.08. The molecule has 118 valence electrons. The number of hydrogen-bond acceptors (Lipinski definition) is 5. The second-order valence-electron chi connectivity index (χ2n) is 4.30. The van der Waals surface area contributed by atoms with Crippen LogP contribution in [0.3, 0.4) is 0 Å². The summed E-state index contributed by atoms with van der Waals surface area (Å²) in [6, 6.07) is 8.26. The van der Waals surface area contributed by atoms with Crippen LogP contribution in [-0.2, 0) is 0 Å². The van der Waals surface area contributed by atoms with Gasteiger partial charge < -0.3 is 5.11 Å². The zero-order valence-electron chi connectivity index (χ0n) is 11.4. The Morgan fingerprint density at radius 1 is 1.26 bits per heavy atom. The Morgan fingerprint density at radius 3 is 2.65 bits per heavy atom. The Balaban J connectivity index is 2.12. The van der Waals surface area contributed by atoms with E-state index in [1.54, 1.807) is 0 Å². The van der Waals surface area contributed by atoms with E-state index in [0.717, 1.165) is 12.3 Å². The molecule has 0 aliphatic heterocycles. The first-order chi connectivity index (χ1) is 10.9. The molecule has 0 bridgehead atoms. The third kappa shape index (κ3) is 3.97. The van der Waals surface area contributed by atoms with Gasteiger partial charge in [0, 0.05) is 17.2 Å². The van der Waals surface area contributed by atoms with Gasteiger partial charge in [0.2, 0.25) is 5.75 Å². The van der Waals surface area contributed by atoms with Crippen LogP contribution in [0, 0.1) is 10.1 Å². The number of benzene rings is 2. The maximum Gasteiger partial charge on any atom is 0.311 e. The summed E-state index contributed by atoms with van der Waals surface area (Å²) in [5.74, 6) is -1.09. The second-order valence-corrected chi connectivity index (χ2v) is 5.11. The number of amides is 1. The predicted octanol–water partition coefficient (Wildman–Crippen LogP) is 3.37.